The number of hydrogen-bond donors (Lipinski definition) is 0. The summed E-state index contributed by atoms with van der Waals surface area (Å²) >= 11 is 11.4. The van der Waals surface area contributed by atoms with E-state index in [0.29, 0.717) is 17.3 Å². The average molecular weight is 272 g/mol. The molecule has 17 heavy (non-hydrogen) atoms. The highest BCUT2D eigenvalue weighted by atomic mass is 35.5. The summed E-state index contributed by atoms with van der Waals surface area (Å²) < 4.78 is 0. The van der Waals surface area contributed by atoms with Crippen LogP contribution in [0.25, 0.3) is 0 Å². The molecule has 1 atom stereocenters. The number of aryl methyl sites for hydroxylation is 1. The Hall–Kier alpha value is -1.06. The van der Waals surface area contributed by atoms with Crippen LogP contribution in [0.3, 0.4) is 0 Å². The number of nitrogens with zero attached hydrogens (tertiary/aromatic N) is 1. The van der Waals surface area contributed by atoms with Gasteiger partial charge in [0.25, 0.3) is 0 Å². The zero-order valence-corrected chi connectivity index (χ0v) is 10.8. The maximum absolute atomic E-state index is 11.8. The van der Waals surface area contributed by atoms with Gasteiger partial charge in [-0.1, -0.05) is 17.7 Å². The Labute approximate surface area is 109 Å². The Balaban J connectivity index is 2.26. The molecular weight excluding hydrogens is 261 g/mol. The third-order valence-electron chi connectivity index (χ3n) is 2.91. The molecule has 0 aliphatic carbocycles. The van der Waals surface area contributed by atoms with Crippen molar-refractivity contribution in [3.8, 4) is 0 Å². The zero-order valence-electron chi connectivity index (χ0n) is 9.24. The van der Waals surface area contributed by atoms with Crippen LogP contribution in [0, 0.1) is 12.8 Å². The number of anilines is 1. The summed E-state index contributed by atoms with van der Waals surface area (Å²) in [5.41, 5.74) is 1.66. The van der Waals surface area contributed by atoms with Gasteiger partial charge in [-0.3, -0.25) is 9.59 Å². The van der Waals surface area contributed by atoms with Crippen LogP contribution in [0.2, 0.25) is 5.02 Å². The second-order valence-corrected chi connectivity index (χ2v) is 4.92. The summed E-state index contributed by atoms with van der Waals surface area (Å²) in [7, 11) is 0. The topological polar surface area (TPSA) is 37.4 Å². The molecule has 1 heterocycles. The van der Waals surface area contributed by atoms with Gasteiger partial charge in [-0.05, 0) is 36.2 Å². The van der Waals surface area contributed by atoms with E-state index in [1.807, 2.05) is 19.1 Å². The van der Waals surface area contributed by atoms with Gasteiger partial charge in [0.05, 0.1) is 5.92 Å². The average Bonchev–Trinajstić information content (AvgIpc) is 2.65. The van der Waals surface area contributed by atoms with Gasteiger partial charge in [0, 0.05) is 23.7 Å². The fourth-order valence-electron chi connectivity index (χ4n) is 1.86. The van der Waals surface area contributed by atoms with Crippen molar-refractivity contribution >= 4 is 40.0 Å². The van der Waals surface area contributed by atoms with Crippen molar-refractivity contribution in [2.45, 2.75) is 13.3 Å². The Morgan fingerprint density at radius 3 is 2.71 bits per heavy atom. The number of hydrogen-bond acceptors (Lipinski definition) is 2. The molecule has 3 nitrogen and oxygen atoms in total. The van der Waals surface area contributed by atoms with Crippen molar-refractivity contribution in [1.29, 1.82) is 0 Å². The molecule has 0 aromatic heterocycles. The summed E-state index contributed by atoms with van der Waals surface area (Å²) in [5.74, 6) is -0.506. The fourth-order valence-corrected chi connectivity index (χ4v) is 2.18. The van der Waals surface area contributed by atoms with Crippen LogP contribution in [0.1, 0.15) is 12.0 Å². The highest BCUT2D eigenvalue weighted by Crippen LogP contribution is 2.29. The first-order valence-electron chi connectivity index (χ1n) is 5.25. The maximum atomic E-state index is 11.8. The standard InChI is InChI=1S/C12H11Cl2NO2/c1-7-2-3-9(5-10(7)13)15-6-8(12(14)17)4-11(15)16/h2-3,5,8H,4,6H2,1H3/t8-/m0/s1. The SMILES string of the molecule is Cc1ccc(N2C[C@@H](C(=O)Cl)CC2=O)cc1Cl. The van der Waals surface area contributed by atoms with E-state index < -0.39 is 11.2 Å². The Morgan fingerprint density at radius 1 is 1.47 bits per heavy atom. The van der Waals surface area contributed by atoms with Crippen LogP contribution in [-0.4, -0.2) is 17.7 Å². The molecule has 0 spiro atoms. The molecule has 2 rings (SSSR count). The van der Waals surface area contributed by atoms with E-state index in [2.05, 4.69) is 0 Å². The van der Waals surface area contributed by atoms with Crippen LogP contribution < -0.4 is 4.90 Å². The van der Waals surface area contributed by atoms with E-state index in [9.17, 15) is 9.59 Å². The van der Waals surface area contributed by atoms with Gasteiger partial charge in [0.15, 0.2) is 0 Å². The summed E-state index contributed by atoms with van der Waals surface area (Å²) in [4.78, 5) is 24.4. The molecule has 1 amide bonds. The largest absolute Gasteiger partial charge is 0.312 e. The number of rotatable bonds is 2. The first-order valence-corrected chi connectivity index (χ1v) is 6.00. The lowest BCUT2D eigenvalue weighted by molar-refractivity contribution is -0.120. The van der Waals surface area contributed by atoms with E-state index in [0.717, 1.165) is 5.56 Å². The van der Waals surface area contributed by atoms with Crippen LogP contribution in [0.5, 0.6) is 0 Å². The smallest absolute Gasteiger partial charge is 0.227 e. The van der Waals surface area contributed by atoms with Crippen LogP contribution in [0.4, 0.5) is 5.69 Å². The Morgan fingerprint density at radius 2 is 2.18 bits per heavy atom. The fraction of sp³-hybridized carbons (Fsp3) is 0.333. The molecule has 0 bridgehead atoms. The molecule has 1 aromatic carbocycles. The van der Waals surface area contributed by atoms with Gasteiger partial charge in [-0.15, -0.1) is 0 Å². The number of amides is 1. The van der Waals surface area contributed by atoms with Crippen molar-refractivity contribution in [2.75, 3.05) is 11.4 Å². The molecule has 1 fully saturated rings. The molecule has 0 radical (unpaired) electrons. The van der Waals surface area contributed by atoms with Gasteiger partial charge in [0.2, 0.25) is 11.1 Å². The predicted molar refractivity (Wildman–Crippen MR) is 67.5 cm³/mol. The minimum absolute atomic E-state index is 0.0936. The molecule has 1 aliphatic rings. The lowest BCUT2D eigenvalue weighted by atomic mass is 10.1. The van der Waals surface area contributed by atoms with Gasteiger partial charge >= 0.3 is 0 Å². The van der Waals surface area contributed by atoms with Crippen molar-refractivity contribution < 1.29 is 9.59 Å². The number of benzene rings is 1. The first kappa shape index (κ1) is 12.4. The summed E-state index contributed by atoms with van der Waals surface area (Å²) in [5, 5.41) is 0.148. The van der Waals surface area contributed by atoms with Crippen molar-refractivity contribution in [3.05, 3.63) is 28.8 Å². The molecule has 0 N–H and O–H groups in total. The third-order valence-corrected chi connectivity index (χ3v) is 3.63. The van der Waals surface area contributed by atoms with Gasteiger partial charge < -0.3 is 4.90 Å². The van der Waals surface area contributed by atoms with Gasteiger partial charge in [-0.25, -0.2) is 0 Å². The zero-order chi connectivity index (χ0) is 12.6. The summed E-state index contributed by atoms with van der Waals surface area (Å²) in [6.45, 7) is 2.23. The minimum Gasteiger partial charge on any atom is -0.312 e. The first-order chi connectivity index (χ1) is 7.99. The van der Waals surface area contributed by atoms with E-state index in [-0.39, 0.29) is 12.3 Å². The van der Waals surface area contributed by atoms with Crippen LogP contribution >= 0.6 is 23.2 Å². The van der Waals surface area contributed by atoms with E-state index >= 15 is 0 Å². The summed E-state index contributed by atoms with van der Waals surface area (Å²) in [6.07, 6.45) is 0.174. The second-order valence-electron chi connectivity index (χ2n) is 4.14. The summed E-state index contributed by atoms with van der Waals surface area (Å²) in [6, 6.07) is 5.40. The van der Waals surface area contributed by atoms with Gasteiger partial charge in [-0.2, -0.15) is 0 Å². The Bertz CT molecular complexity index is 487. The lowest BCUT2D eigenvalue weighted by Gasteiger charge is -2.16. The molecule has 1 saturated heterocycles. The molecule has 1 aliphatic heterocycles. The molecule has 0 saturated carbocycles. The molecule has 90 valence electrons. The lowest BCUT2D eigenvalue weighted by Crippen LogP contribution is -2.25. The number of carbonyl (C=O) groups is 2. The monoisotopic (exact) mass is 271 g/mol. The van der Waals surface area contributed by atoms with Gasteiger partial charge in [0.1, 0.15) is 0 Å². The highest BCUT2D eigenvalue weighted by Gasteiger charge is 2.34. The van der Waals surface area contributed by atoms with Crippen molar-refractivity contribution in [1.82, 2.24) is 0 Å². The highest BCUT2D eigenvalue weighted by molar-refractivity contribution is 6.64. The number of carbonyl (C=O) groups excluding carboxylic acids is 2. The molecule has 1 aromatic rings. The van der Waals surface area contributed by atoms with Crippen molar-refractivity contribution in [3.63, 3.8) is 0 Å². The van der Waals surface area contributed by atoms with Crippen LogP contribution in [-0.2, 0) is 9.59 Å². The van der Waals surface area contributed by atoms with E-state index in [1.54, 1.807) is 11.0 Å². The normalized spacial score (nSPS) is 19.8. The predicted octanol–water partition coefficient (Wildman–Crippen LogP) is 2.77. The molecular formula is C12H11Cl2NO2. The molecule has 0 unspecified atom stereocenters. The maximum Gasteiger partial charge on any atom is 0.227 e. The third kappa shape index (κ3) is 2.45. The molecule has 5 heteroatoms. The van der Waals surface area contributed by atoms with E-state index in [4.69, 9.17) is 23.2 Å². The van der Waals surface area contributed by atoms with Crippen LogP contribution in [0.15, 0.2) is 18.2 Å². The Kier molecular flexibility index (Phi) is 3.40. The minimum atomic E-state index is -0.459. The quantitative estimate of drug-likeness (QED) is 0.776. The number of halogens is 2. The second kappa shape index (κ2) is 4.67. The van der Waals surface area contributed by atoms with E-state index in [1.165, 1.54) is 0 Å². The van der Waals surface area contributed by atoms with Crippen molar-refractivity contribution in [2.24, 2.45) is 5.92 Å².